The molecule has 5 nitrogen and oxygen atoms in total. The minimum atomic E-state index is -4.45. The van der Waals surface area contributed by atoms with E-state index < -0.39 is 29.2 Å². The van der Waals surface area contributed by atoms with Crippen molar-refractivity contribution in [3.05, 3.63) is 57.0 Å². The molecule has 23 heavy (non-hydrogen) atoms. The Labute approximate surface area is 129 Å². The van der Waals surface area contributed by atoms with Gasteiger partial charge in [0.25, 0.3) is 5.56 Å². The topological polar surface area (TPSA) is 75.0 Å². The average molecular weight is 328 g/mol. The number of nitrogens with one attached hydrogen (secondary N) is 2. The van der Waals surface area contributed by atoms with Gasteiger partial charge in [0.15, 0.2) is 0 Å². The number of halogens is 3. The maximum Gasteiger partial charge on any atom is 0.416 e. The second kappa shape index (κ2) is 6.31. The van der Waals surface area contributed by atoms with Crippen molar-refractivity contribution in [1.82, 2.24) is 10.2 Å². The van der Waals surface area contributed by atoms with Gasteiger partial charge in [-0.05, 0) is 24.6 Å². The fourth-order valence-electron chi connectivity index (χ4n) is 2.42. The molecule has 1 aromatic heterocycles. The van der Waals surface area contributed by atoms with Crippen molar-refractivity contribution in [3.8, 4) is 0 Å². The third-order valence-corrected chi connectivity index (χ3v) is 3.60. The normalized spacial score (nSPS) is 12.9. The fraction of sp³-hybridized carbons (Fsp3) is 0.333. The van der Waals surface area contributed by atoms with Crippen LogP contribution in [0.15, 0.2) is 29.1 Å². The summed E-state index contributed by atoms with van der Waals surface area (Å²) in [6, 6.07) is 4.39. The number of aryl methyl sites for hydroxylation is 1. The minimum absolute atomic E-state index is 0.149. The van der Waals surface area contributed by atoms with E-state index in [1.165, 1.54) is 19.2 Å². The molecule has 2 N–H and O–H groups in total. The first-order chi connectivity index (χ1) is 10.7. The van der Waals surface area contributed by atoms with Gasteiger partial charge in [-0.3, -0.25) is 14.7 Å². The Morgan fingerprint density at radius 1 is 1.22 bits per heavy atom. The highest BCUT2D eigenvalue weighted by Gasteiger charge is 2.31. The van der Waals surface area contributed by atoms with E-state index in [1.807, 2.05) is 0 Å². The van der Waals surface area contributed by atoms with Crippen LogP contribution in [0.4, 0.5) is 13.2 Å². The predicted molar refractivity (Wildman–Crippen MR) is 76.1 cm³/mol. The summed E-state index contributed by atoms with van der Waals surface area (Å²) in [6.07, 6.45) is -4.60. The van der Waals surface area contributed by atoms with E-state index >= 15 is 0 Å². The fourth-order valence-corrected chi connectivity index (χ4v) is 2.42. The number of benzene rings is 1. The number of H-pyrrole nitrogens is 2. The second-order valence-corrected chi connectivity index (χ2v) is 5.07. The maximum absolute atomic E-state index is 12.7. The van der Waals surface area contributed by atoms with E-state index in [0.29, 0.717) is 16.8 Å². The van der Waals surface area contributed by atoms with Crippen molar-refractivity contribution >= 4 is 5.97 Å². The van der Waals surface area contributed by atoms with Gasteiger partial charge in [-0.2, -0.15) is 13.2 Å². The number of hydrogen-bond acceptors (Lipinski definition) is 3. The van der Waals surface area contributed by atoms with Crippen LogP contribution in [0.2, 0.25) is 0 Å². The lowest BCUT2D eigenvalue weighted by Crippen LogP contribution is -2.17. The summed E-state index contributed by atoms with van der Waals surface area (Å²) in [5, 5.41) is 5.05. The van der Waals surface area contributed by atoms with Crippen molar-refractivity contribution in [2.24, 2.45) is 0 Å². The summed E-state index contributed by atoms with van der Waals surface area (Å²) >= 11 is 0. The molecule has 2 aromatic rings. The predicted octanol–water partition coefficient (Wildman–Crippen LogP) is 2.73. The van der Waals surface area contributed by atoms with E-state index in [9.17, 15) is 22.8 Å². The summed E-state index contributed by atoms with van der Waals surface area (Å²) in [5.41, 5.74) is 0.0321. The number of ether oxygens (including phenoxy) is 1. The lowest BCUT2D eigenvalue weighted by molar-refractivity contribution is -0.141. The van der Waals surface area contributed by atoms with E-state index in [-0.39, 0.29) is 6.42 Å². The Hall–Kier alpha value is -2.51. The molecule has 1 aromatic carbocycles. The molecular formula is C15H15F3N2O3. The Kier molecular flexibility index (Phi) is 4.63. The summed E-state index contributed by atoms with van der Waals surface area (Å²) in [6.45, 7) is 1.64. The average Bonchev–Trinajstić information content (AvgIpc) is 2.83. The molecule has 0 amide bonds. The number of carbonyl (C=O) groups excluding carboxylic acids is 1. The third kappa shape index (κ3) is 3.64. The Balaban J connectivity index is 2.46. The molecule has 0 aliphatic rings. The summed E-state index contributed by atoms with van der Waals surface area (Å²) < 4.78 is 42.6. The highest BCUT2D eigenvalue weighted by atomic mass is 19.4. The maximum atomic E-state index is 12.7. The zero-order chi connectivity index (χ0) is 17.2. The lowest BCUT2D eigenvalue weighted by Gasteiger charge is -2.16. The monoisotopic (exact) mass is 328 g/mol. The van der Waals surface area contributed by atoms with Crippen molar-refractivity contribution in [2.45, 2.75) is 25.4 Å². The van der Waals surface area contributed by atoms with Gasteiger partial charge >= 0.3 is 12.1 Å². The molecule has 0 aliphatic heterocycles. The number of esters is 1. The second-order valence-electron chi connectivity index (χ2n) is 5.07. The quantitative estimate of drug-likeness (QED) is 0.848. The van der Waals surface area contributed by atoms with Crippen molar-refractivity contribution in [3.63, 3.8) is 0 Å². The molecule has 124 valence electrons. The Morgan fingerprint density at radius 2 is 1.83 bits per heavy atom. The van der Waals surface area contributed by atoms with Crippen LogP contribution in [-0.4, -0.2) is 23.3 Å². The molecule has 1 heterocycles. The largest absolute Gasteiger partial charge is 0.469 e. The standard InChI is InChI=1S/C15H15F3N2O3/c1-8-13(14(22)20-19-8)11(7-12(21)23-2)9-3-5-10(6-4-9)15(16,17)18/h3-6,11H,7H2,1-2H3,(H2,19,20,22)/t11-/m0/s1. The van der Waals surface area contributed by atoms with E-state index in [2.05, 4.69) is 14.9 Å². The molecule has 0 radical (unpaired) electrons. The van der Waals surface area contributed by atoms with Crippen molar-refractivity contribution in [1.29, 1.82) is 0 Å². The summed E-state index contributed by atoms with van der Waals surface area (Å²) in [5.74, 6) is -1.25. The van der Waals surface area contributed by atoms with E-state index in [0.717, 1.165) is 12.1 Å². The molecule has 0 saturated carbocycles. The molecule has 0 spiro atoms. The Morgan fingerprint density at radius 3 is 2.26 bits per heavy atom. The van der Waals surface area contributed by atoms with Crippen LogP contribution in [0.1, 0.15) is 34.7 Å². The van der Waals surface area contributed by atoms with Crippen LogP contribution < -0.4 is 5.56 Å². The molecule has 0 fully saturated rings. The van der Waals surface area contributed by atoms with Gasteiger partial charge in [0.2, 0.25) is 0 Å². The van der Waals surface area contributed by atoms with E-state index in [1.54, 1.807) is 6.92 Å². The minimum Gasteiger partial charge on any atom is -0.469 e. The van der Waals surface area contributed by atoms with Crippen LogP contribution in [0.25, 0.3) is 0 Å². The first kappa shape index (κ1) is 16.9. The van der Waals surface area contributed by atoms with Gasteiger partial charge < -0.3 is 9.84 Å². The third-order valence-electron chi connectivity index (χ3n) is 3.60. The Bertz CT molecular complexity index is 745. The smallest absolute Gasteiger partial charge is 0.416 e. The van der Waals surface area contributed by atoms with Gasteiger partial charge in [-0.25, -0.2) is 0 Å². The van der Waals surface area contributed by atoms with Gasteiger partial charge in [-0.15, -0.1) is 0 Å². The number of carbonyl (C=O) groups is 1. The molecule has 0 aliphatic carbocycles. The van der Waals surface area contributed by atoms with Crippen LogP contribution in [0, 0.1) is 6.92 Å². The van der Waals surface area contributed by atoms with Crippen molar-refractivity contribution < 1.29 is 22.7 Å². The number of hydrogen-bond donors (Lipinski definition) is 2. The highest BCUT2D eigenvalue weighted by molar-refractivity contribution is 5.71. The number of aromatic amines is 2. The number of methoxy groups -OCH3 is 1. The molecular weight excluding hydrogens is 313 g/mol. The van der Waals surface area contributed by atoms with Crippen LogP contribution >= 0.6 is 0 Å². The van der Waals surface area contributed by atoms with Gasteiger partial charge in [0.05, 0.1) is 19.1 Å². The zero-order valence-electron chi connectivity index (χ0n) is 12.5. The van der Waals surface area contributed by atoms with Crippen molar-refractivity contribution in [2.75, 3.05) is 7.11 Å². The summed E-state index contributed by atoms with van der Waals surface area (Å²) in [7, 11) is 1.21. The molecule has 2 rings (SSSR count). The molecule has 8 heteroatoms. The first-order valence-electron chi connectivity index (χ1n) is 6.75. The number of alkyl halides is 3. The lowest BCUT2D eigenvalue weighted by atomic mass is 9.88. The van der Waals surface area contributed by atoms with Gasteiger partial charge in [0, 0.05) is 17.2 Å². The van der Waals surface area contributed by atoms with E-state index in [4.69, 9.17) is 0 Å². The molecule has 1 atom stereocenters. The molecule has 0 saturated heterocycles. The molecule has 0 unspecified atom stereocenters. The van der Waals surface area contributed by atoms with Crippen LogP contribution in [0.5, 0.6) is 0 Å². The number of rotatable bonds is 4. The first-order valence-corrected chi connectivity index (χ1v) is 6.75. The highest BCUT2D eigenvalue weighted by Crippen LogP contribution is 2.32. The number of aromatic nitrogens is 2. The van der Waals surface area contributed by atoms with Crippen LogP contribution in [0.3, 0.4) is 0 Å². The molecule has 0 bridgehead atoms. The zero-order valence-corrected chi connectivity index (χ0v) is 12.5. The van der Waals surface area contributed by atoms with Gasteiger partial charge in [0.1, 0.15) is 0 Å². The SMILES string of the molecule is COC(=O)C[C@@H](c1ccc(C(F)(F)F)cc1)c1c(C)[nH][nH]c1=O. The van der Waals surface area contributed by atoms with Crippen LogP contribution in [-0.2, 0) is 15.7 Å². The van der Waals surface area contributed by atoms with Gasteiger partial charge in [-0.1, -0.05) is 12.1 Å². The summed E-state index contributed by atoms with van der Waals surface area (Å²) in [4.78, 5) is 23.5.